The molecule has 3 heteroatoms. The first kappa shape index (κ1) is 12.7. The standard InChI is InChI=1S/C14H21ClN2/c1-14(2,3)12-5-7-17(10-12)13-9-16-6-4-11(13)8-15/h4,6,9,12H,5,7-8,10H2,1-3H3. The van der Waals surface area contributed by atoms with Crippen LogP contribution in [-0.2, 0) is 5.88 Å². The molecule has 1 aliphatic rings. The molecule has 1 aromatic heterocycles. The van der Waals surface area contributed by atoms with E-state index in [1.165, 1.54) is 17.7 Å². The molecule has 0 saturated carbocycles. The van der Waals surface area contributed by atoms with Gasteiger partial charge >= 0.3 is 0 Å². The number of nitrogens with zero attached hydrogens (tertiary/aromatic N) is 2. The number of hydrogen-bond donors (Lipinski definition) is 0. The van der Waals surface area contributed by atoms with Crippen molar-refractivity contribution in [3.05, 3.63) is 24.0 Å². The quantitative estimate of drug-likeness (QED) is 0.747. The number of anilines is 1. The average molecular weight is 253 g/mol. The van der Waals surface area contributed by atoms with Gasteiger partial charge in [-0.15, -0.1) is 11.6 Å². The largest absolute Gasteiger partial charge is 0.370 e. The van der Waals surface area contributed by atoms with E-state index in [-0.39, 0.29) is 0 Å². The molecule has 1 aliphatic heterocycles. The van der Waals surface area contributed by atoms with Crippen molar-refractivity contribution >= 4 is 17.3 Å². The van der Waals surface area contributed by atoms with Crippen molar-refractivity contribution in [3.63, 3.8) is 0 Å². The zero-order valence-electron chi connectivity index (χ0n) is 10.9. The van der Waals surface area contributed by atoms with Gasteiger partial charge in [0.25, 0.3) is 0 Å². The zero-order valence-corrected chi connectivity index (χ0v) is 11.7. The van der Waals surface area contributed by atoms with Crippen LogP contribution >= 0.6 is 11.6 Å². The molecular weight excluding hydrogens is 232 g/mol. The van der Waals surface area contributed by atoms with Gasteiger partial charge in [0.1, 0.15) is 0 Å². The fraction of sp³-hybridized carbons (Fsp3) is 0.643. The minimum Gasteiger partial charge on any atom is -0.370 e. The second kappa shape index (κ2) is 4.85. The van der Waals surface area contributed by atoms with Gasteiger partial charge in [0, 0.05) is 25.2 Å². The van der Waals surface area contributed by atoms with E-state index in [1.54, 1.807) is 0 Å². The lowest BCUT2D eigenvalue weighted by atomic mass is 9.80. The van der Waals surface area contributed by atoms with E-state index in [9.17, 15) is 0 Å². The molecule has 0 aromatic carbocycles. The number of aromatic nitrogens is 1. The summed E-state index contributed by atoms with van der Waals surface area (Å²) in [5.41, 5.74) is 2.79. The van der Waals surface area contributed by atoms with Crippen LogP contribution in [0.4, 0.5) is 5.69 Å². The Bertz CT molecular complexity index is 384. The van der Waals surface area contributed by atoms with Crippen LogP contribution in [-0.4, -0.2) is 18.1 Å². The number of halogens is 1. The van der Waals surface area contributed by atoms with Crippen LogP contribution in [0.5, 0.6) is 0 Å². The van der Waals surface area contributed by atoms with E-state index in [0.29, 0.717) is 11.3 Å². The highest BCUT2D eigenvalue weighted by molar-refractivity contribution is 6.17. The van der Waals surface area contributed by atoms with Gasteiger partial charge in [-0.3, -0.25) is 4.98 Å². The number of rotatable bonds is 2. The third-order valence-electron chi connectivity index (χ3n) is 3.79. The number of alkyl halides is 1. The molecule has 2 nitrogen and oxygen atoms in total. The van der Waals surface area contributed by atoms with E-state index < -0.39 is 0 Å². The van der Waals surface area contributed by atoms with Crippen LogP contribution in [0.1, 0.15) is 32.8 Å². The van der Waals surface area contributed by atoms with E-state index in [1.807, 2.05) is 18.5 Å². The summed E-state index contributed by atoms with van der Waals surface area (Å²) in [5, 5.41) is 0. The summed E-state index contributed by atoms with van der Waals surface area (Å²) in [5.74, 6) is 1.32. The maximum absolute atomic E-state index is 5.98. The van der Waals surface area contributed by atoms with Crippen molar-refractivity contribution in [1.29, 1.82) is 0 Å². The van der Waals surface area contributed by atoms with Crippen molar-refractivity contribution in [3.8, 4) is 0 Å². The summed E-state index contributed by atoms with van der Waals surface area (Å²) in [6.07, 6.45) is 5.03. The Hall–Kier alpha value is -0.760. The predicted octanol–water partition coefficient (Wildman–Crippen LogP) is 3.69. The van der Waals surface area contributed by atoms with Crippen molar-refractivity contribution in [2.75, 3.05) is 18.0 Å². The van der Waals surface area contributed by atoms with E-state index in [2.05, 4.69) is 30.7 Å². The smallest absolute Gasteiger partial charge is 0.0597 e. The van der Waals surface area contributed by atoms with Crippen LogP contribution in [0.3, 0.4) is 0 Å². The molecule has 0 amide bonds. The van der Waals surface area contributed by atoms with Gasteiger partial charge in [0.2, 0.25) is 0 Å². The summed E-state index contributed by atoms with van der Waals surface area (Å²) in [6, 6.07) is 2.02. The highest BCUT2D eigenvalue weighted by Gasteiger charge is 2.32. The molecule has 2 heterocycles. The Labute approximate surface area is 109 Å². The van der Waals surface area contributed by atoms with Crippen molar-refractivity contribution in [2.45, 2.75) is 33.1 Å². The molecule has 94 valence electrons. The summed E-state index contributed by atoms with van der Waals surface area (Å²) in [6.45, 7) is 9.23. The molecule has 0 spiro atoms. The van der Waals surface area contributed by atoms with E-state index in [4.69, 9.17) is 11.6 Å². The Morgan fingerprint density at radius 1 is 1.47 bits per heavy atom. The average Bonchev–Trinajstić information content (AvgIpc) is 2.77. The van der Waals surface area contributed by atoms with Crippen LogP contribution < -0.4 is 4.90 Å². The van der Waals surface area contributed by atoms with E-state index in [0.717, 1.165) is 19.0 Å². The first-order chi connectivity index (χ1) is 8.02. The molecule has 1 aromatic rings. The molecule has 0 aliphatic carbocycles. The second-order valence-corrected chi connectivity index (χ2v) is 6.20. The summed E-state index contributed by atoms with van der Waals surface area (Å²) >= 11 is 5.98. The highest BCUT2D eigenvalue weighted by Crippen LogP contribution is 2.36. The first-order valence-corrected chi connectivity index (χ1v) is 6.79. The minimum atomic E-state index is 0.387. The van der Waals surface area contributed by atoms with Gasteiger partial charge in [-0.2, -0.15) is 0 Å². The topological polar surface area (TPSA) is 16.1 Å². The van der Waals surface area contributed by atoms with Crippen molar-refractivity contribution in [1.82, 2.24) is 4.98 Å². The maximum atomic E-state index is 5.98. The van der Waals surface area contributed by atoms with Crippen LogP contribution in [0, 0.1) is 11.3 Å². The van der Waals surface area contributed by atoms with Crippen molar-refractivity contribution in [2.24, 2.45) is 11.3 Å². The Morgan fingerprint density at radius 3 is 2.82 bits per heavy atom. The lowest BCUT2D eigenvalue weighted by Gasteiger charge is -2.28. The van der Waals surface area contributed by atoms with Gasteiger partial charge in [-0.05, 0) is 29.4 Å². The highest BCUT2D eigenvalue weighted by atomic mass is 35.5. The Morgan fingerprint density at radius 2 is 2.24 bits per heavy atom. The third kappa shape index (κ3) is 2.74. The molecule has 1 unspecified atom stereocenters. The lowest BCUT2D eigenvalue weighted by Crippen LogP contribution is -2.26. The molecule has 1 fully saturated rings. The van der Waals surface area contributed by atoms with Gasteiger partial charge in [0.05, 0.1) is 11.9 Å². The zero-order chi connectivity index (χ0) is 12.5. The maximum Gasteiger partial charge on any atom is 0.0597 e. The number of hydrogen-bond acceptors (Lipinski definition) is 2. The SMILES string of the molecule is CC(C)(C)C1CCN(c2cnccc2CCl)C1. The Kier molecular flexibility index (Phi) is 3.62. The molecule has 1 atom stereocenters. The molecule has 0 bridgehead atoms. The van der Waals surface area contributed by atoms with E-state index >= 15 is 0 Å². The lowest BCUT2D eigenvalue weighted by molar-refractivity contribution is 0.263. The fourth-order valence-corrected chi connectivity index (χ4v) is 2.72. The second-order valence-electron chi connectivity index (χ2n) is 5.94. The van der Waals surface area contributed by atoms with Gasteiger partial charge < -0.3 is 4.90 Å². The molecule has 2 rings (SSSR count). The normalized spacial score (nSPS) is 20.9. The predicted molar refractivity (Wildman–Crippen MR) is 73.6 cm³/mol. The number of pyridine rings is 1. The molecular formula is C14H21ClN2. The van der Waals surface area contributed by atoms with Gasteiger partial charge in [0.15, 0.2) is 0 Å². The van der Waals surface area contributed by atoms with Gasteiger partial charge in [-0.1, -0.05) is 20.8 Å². The summed E-state index contributed by atoms with van der Waals surface area (Å²) < 4.78 is 0. The molecule has 0 radical (unpaired) electrons. The monoisotopic (exact) mass is 252 g/mol. The minimum absolute atomic E-state index is 0.387. The summed E-state index contributed by atoms with van der Waals surface area (Å²) in [7, 11) is 0. The molecule has 17 heavy (non-hydrogen) atoms. The van der Waals surface area contributed by atoms with Crippen LogP contribution in [0.15, 0.2) is 18.5 Å². The first-order valence-electron chi connectivity index (χ1n) is 6.26. The van der Waals surface area contributed by atoms with Crippen molar-refractivity contribution < 1.29 is 0 Å². The molecule has 1 saturated heterocycles. The van der Waals surface area contributed by atoms with Gasteiger partial charge in [-0.25, -0.2) is 0 Å². The molecule has 0 N–H and O–H groups in total. The van der Waals surface area contributed by atoms with Crippen LogP contribution in [0.25, 0.3) is 0 Å². The summed E-state index contributed by atoms with van der Waals surface area (Å²) in [4.78, 5) is 6.66. The third-order valence-corrected chi connectivity index (χ3v) is 4.07. The van der Waals surface area contributed by atoms with Crippen LogP contribution in [0.2, 0.25) is 0 Å². The Balaban J connectivity index is 2.15. The fourth-order valence-electron chi connectivity index (χ4n) is 2.50.